The van der Waals surface area contributed by atoms with E-state index in [4.69, 9.17) is 14.5 Å². The number of hydrogen-bond acceptors (Lipinski definition) is 8. The number of carbonyl (C=O) groups is 1. The van der Waals surface area contributed by atoms with Crippen LogP contribution < -0.4 is 14.5 Å². The fourth-order valence-corrected chi connectivity index (χ4v) is 8.81. The molecule has 4 heterocycles. The lowest BCUT2D eigenvalue weighted by molar-refractivity contribution is -0.141. The summed E-state index contributed by atoms with van der Waals surface area (Å²) in [6, 6.07) is 41.9. The molecule has 2 fully saturated rings. The zero-order valence-corrected chi connectivity index (χ0v) is 35.3. The molecule has 2 saturated heterocycles. The van der Waals surface area contributed by atoms with Gasteiger partial charge in [0.15, 0.2) is 0 Å². The maximum Gasteiger partial charge on any atom is 0.302 e. The van der Waals surface area contributed by atoms with Gasteiger partial charge in [-0.3, -0.25) is 9.36 Å². The summed E-state index contributed by atoms with van der Waals surface area (Å²) in [5, 5.41) is 2.46. The highest BCUT2D eigenvalue weighted by Crippen LogP contribution is 2.41. The van der Waals surface area contributed by atoms with E-state index in [-0.39, 0.29) is 5.97 Å². The molecular formula is C50H55N7O3. The number of para-hydroxylation sites is 1. The van der Waals surface area contributed by atoms with Gasteiger partial charge in [0, 0.05) is 128 Å². The van der Waals surface area contributed by atoms with Gasteiger partial charge in [-0.1, -0.05) is 42.5 Å². The molecule has 0 N–H and O–H groups in total. The molecule has 308 valence electrons. The standard InChI is InChI=1S/C50H55N7O3/c1-5-56-46-10-7-6-9-44(46)45-35-39(15-24-47(45)56)50-51-48(37-11-16-40(17-12-37)54-29-25-52(3)26-30-54)49(38-13-18-41(19-14-38)55-31-27-53(4)28-32-55)57(50)42-20-22-43(23-21-42)60-34-8-33-59-36(2)58/h6-7,9-24,35H,5,8,25-34H2,1-4H3. The molecule has 0 amide bonds. The van der Waals surface area contributed by atoms with Crippen molar-refractivity contribution in [3.8, 4) is 45.3 Å². The largest absolute Gasteiger partial charge is 0.493 e. The fourth-order valence-electron chi connectivity index (χ4n) is 8.81. The first kappa shape index (κ1) is 39.4. The zero-order chi connectivity index (χ0) is 41.2. The Hall–Kier alpha value is -6.10. The second kappa shape index (κ2) is 17.2. The topological polar surface area (TPSA) is 71.2 Å². The van der Waals surface area contributed by atoms with E-state index in [2.05, 4.69) is 153 Å². The van der Waals surface area contributed by atoms with Gasteiger partial charge >= 0.3 is 5.97 Å². The van der Waals surface area contributed by atoms with Crippen LogP contribution in [-0.2, 0) is 16.1 Å². The fraction of sp³-hybridized carbons (Fsp3) is 0.320. The number of imidazole rings is 1. The second-order valence-electron chi connectivity index (χ2n) is 16.2. The van der Waals surface area contributed by atoms with Crippen molar-refractivity contribution in [3.63, 3.8) is 0 Å². The number of fused-ring (bicyclic) bond motifs is 3. The van der Waals surface area contributed by atoms with Crippen molar-refractivity contribution in [3.05, 3.63) is 115 Å². The number of hydrogen-bond donors (Lipinski definition) is 0. The first-order valence-electron chi connectivity index (χ1n) is 21.4. The highest BCUT2D eigenvalue weighted by Gasteiger charge is 2.25. The smallest absolute Gasteiger partial charge is 0.302 e. The molecule has 0 unspecified atom stereocenters. The highest BCUT2D eigenvalue weighted by molar-refractivity contribution is 6.09. The maximum absolute atomic E-state index is 11.3. The molecule has 2 aromatic heterocycles. The summed E-state index contributed by atoms with van der Waals surface area (Å²) in [6.07, 6.45) is 0.620. The summed E-state index contributed by atoms with van der Waals surface area (Å²) < 4.78 is 15.9. The van der Waals surface area contributed by atoms with E-state index in [9.17, 15) is 4.79 Å². The van der Waals surface area contributed by atoms with E-state index < -0.39 is 0 Å². The molecule has 60 heavy (non-hydrogen) atoms. The van der Waals surface area contributed by atoms with Crippen LogP contribution in [0.3, 0.4) is 0 Å². The summed E-state index contributed by atoms with van der Waals surface area (Å²) in [4.78, 5) is 26.6. The number of aryl methyl sites for hydroxylation is 1. The quantitative estimate of drug-likeness (QED) is 0.0898. The van der Waals surface area contributed by atoms with E-state index in [0.29, 0.717) is 19.6 Å². The number of piperazine rings is 2. The van der Waals surface area contributed by atoms with Crippen molar-refractivity contribution in [1.82, 2.24) is 23.9 Å². The second-order valence-corrected chi connectivity index (χ2v) is 16.2. The van der Waals surface area contributed by atoms with Crippen molar-refractivity contribution < 1.29 is 14.3 Å². The minimum absolute atomic E-state index is 0.277. The number of esters is 1. The first-order chi connectivity index (χ1) is 29.3. The number of rotatable bonds is 12. The number of aromatic nitrogens is 3. The van der Waals surface area contributed by atoms with Gasteiger partial charge in [-0.25, -0.2) is 4.98 Å². The average molecular weight is 802 g/mol. The number of nitrogens with zero attached hydrogens (tertiary/aromatic N) is 7. The monoisotopic (exact) mass is 801 g/mol. The Bertz CT molecular complexity index is 2580. The molecule has 0 atom stereocenters. The minimum Gasteiger partial charge on any atom is -0.493 e. The Labute approximate surface area is 353 Å². The molecule has 0 radical (unpaired) electrons. The van der Waals surface area contributed by atoms with Crippen LogP contribution in [0.5, 0.6) is 5.75 Å². The number of carbonyl (C=O) groups excluding carboxylic acids is 1. The lowest BCUT2D eigenvalue weighted by Gasteiger charge is -2.34. The first-order valence-corrected chi connectivity index (χ1v) is 21.4. The summed E-state index contributed by atoms with van der Waals surface area (Å²) >= 11 is 0. The van der Waals surface area contributed by atoms with Gasteiger partial charge in [0.25, 0.3) is 0 Å². The van der Waals surface area contributed by atoms with Gasteiger partial charge in [-0.05, 0) is 93.8 Å². The number of anilines is 2. The third kappa shape index (κ3) is 7.97. The van der Waals surface area contributed by atoms with Gasteiger partial charge in [0.05, 0.1) is 24.6 Å². The van der Waals surface area contributed by atoms with Gasteiger partial charge in [0.2, 0.25) is 0 Å². The van der Waals surface area contributed by atoms with Crippen LogP contribution in [-0.4, -0.2) is 110 Å². The Morgan fingerprint density at radius 1 is 0.617 bits per heavy atom. The average Bonchev–Trinajstić information content (AvgIpc) is 3.83. The van der Waals surface area contributed by atoms with Gasteiger partial charge in [-0.2, -0.15) is 0 Å². The lowest BCUT2D eigenvalue weighted by Crippen LogP contribution is -2.44. The van der Waals surface area contributed by atoms with E-state index in [0.717, 1.165) is 104 Å². The third-order valence-corrected chi connectivity index (χ3v) is 12.2. The molecular weight excluding hydrogens is 747 g/mol. The van der Waals surface area contributed by atoms with Crippen LogP contribution in [0.15, 0.2) is 115 Å². The van der Waals surface area contributed by atoms with Crippen LogP contribution in [0.4, 0.5) is 11.4 Å². The van der Waals surface area contributed by atoms with E-state index in [1.807, 2.05) is 12.1 Å². The molecule has 0 saturated carbocycles. The highest BCUT2D eigenvalue weighted by atomic mass is 16.5. The van der Waals surface area contributed by atoms with E-state index in [1.165, 1.54) is 40.1 Å². The Morgan fingerprint density at radius 2 is 1.18 bits per heavy atom. The predicted octanol–water partition coefficient (Wildman–Crippen LogP) is 8.84. The molecule has 0 spiro atoms. The maximum atomic E-state index is 11.3. The molecule has 5 aromatic carbocycles. The summed E-state index contributed by atoms with van der Waals surface area (Å²) in [7, 11) is 4.39. The predicted molar refractivity (Wildman–Crippen MR) is 245 cm³/mol. The van der Waals surface area contributed by atoms with Crippen LogP contribution in [0.1, 0.15) is 20.3 Å². The van der Waals surface area contributed by atoms with Crippen molar-refractivity contribution in [2.75, 3.05) is 89.5 Å². The van der Waals surface area contributed by atoms with Crippen molar-refractivity contribution in [2.24, 2.45) is 0 Å². The molecule has 2 aliphatic rings. The van der Waals surface area contributed by atoms with Gasteiger partial charge in [0.1, 0.15) is 11.6 Å². The van der Waals surface area contributed by atoms with Crippen LogP contribution in [0.25, 0.3) is 61.4 Å². The van der Waals surface area contributed by atoms with E-state index >= 15 is 0 Å². The molecule has 0 bridgehead atoms. The SMILES string of the molecule is CCn1c2ccccc2c2cc(-c3nc(-c4ccc(N5CCN(C)CC5)cc4)c(-c4ccc(N5CCN(C)CC5)cc4)n3-c3ccc(OCCCOC(C)=O)cc3)ccc21. The Kier molecular flexibility index (Phi) is 11.3. The minimum atomic E-state index is -0.277. The van der Waals surface area contributed by atoms with Crippen molar-refractivity contribution in [1.29, 1.82) is 0 Å². The molecule has 2 aliphatic heterocycles. The van der Waals surface area contributed by atoms with E-state index in [1.54, 1.807) is 0 Å². The van der Waals surface area contributed by atoms with Crippen LogP contribution in [0, 0.1) is 0 Å². The summed E-state index contributed by atoms with van der Waals surface area (Å²) in [6.45, 7) is 13.6. The van der Waals surface area contributed by atoms with Crippen LogP contribution >= 0.6 is 0 Å². The third-order valence-electron chi connectivity index (χ3n) is 12.2. The summed E-state index contributed by atoms with van der Waals surface area (Å²) in [5.74, 6) is 1.35. The number of ether oxygens (including phenoxy) is 2. The Balaban J connectivity index is 1.19. The zero-order valence-electron chi connectivity index (χ0n) is 35.3. The summed E-state index contributed by atoms with van der Waals surface area (Å²) in [5.41, 5.74) is 11.1. The molecule has 10 nitrogen and oxygen atoms in total. The number of likely N-dealkylation sites (N-methyl/N-ethyl adjacent to an activating group) is 2. The molecule has 9 rings (SSSR count). The molecule has 7 aromatic rings. The molecule has 0 aliphatic carbocycles. The van der Waals surface area contributed by atoms with Gasteiger partial charge < -0.3 is 33.6 Å². The van der Waals surface area contributed by atoms with Gasteiger partial charge in [-0.15, -0.1) is 0 Å². The normalized spacial score (nSPS) is 15.3. The Morgan fingerprint density at radius 3 is 1.80 bits per heavy atom. The van der Waals surface area contributed by atoms with Crippen LogP contribution in [0.2, 0.25) is 0 Å². The van der Waals surface area contributed by atoms with Crippen molar-refractivity contribution in [2.45, 2.75) is 26.8 Å². The number of benzene rings is 5. The lowest BCUT2D eigenvalue weighted by atomic mass is 10.0. The van der Waals surface area contributed by atoms with Crippen molar-refractivity contribution >= 4 is 39.1 Å². The molecule has 10 heteroatoms.